The third kappa shape index (κ3) is 1.03. The topological polar surface area (TPSA) is 60.2 Å². The Hall–Kier alpha value is 0.0300. The number of Topliss-reactive ketones (excluding diaryl/α,β-unsaturated/α-hetero) is 1. The van der Waals surface area contributed by atoms with Gasteiger partial charge in [0.15, 0.2) is 0 Å². The van der Waals surface area contributed by atoms with E-state index in [4.69, 9.17) is 0 Å². The smallest absolute Gasteiger partial charge is 0.290 e. The van der Waals surface area contributed by atoms with E-state index in [1.54, 1.807) is 0 Å². The van der Waals surface area contributed by atoms with Crippen LogP contribution in [-0.4, -0.2) is 20.5 Å². The molecule has 2 fully saturated rings. The highest BCUT2D eigenvalue weighted by atomic mass is 79.9. The molecular formula is C10H13Br2NO3. The molecule has 0 heterocycles. The number of nitrogens with zero attached hydrogens (tertiary/aromatic N) is 1. The summed E-state index contributed by atoms with van der Waals surface area (Å²) in [4.78, 5) is 23.1. The monoisotopic (exact) mass is 353 g/mol. The van der Waals surface area contributed by atoms with E-state index in [0.29, 0.717) is 5.33 Å². The van der Waals surface area contributed by atoms with E-state index in [-0.39, 0.29) is 17.1 Å². The average molecular weight is 355 g/mol. The normalized spacial score (nSPS) is 51.0. The molecule has 90 valence electrons. The summed E-state index contributed by atoms with van der Waals surface area (Å²) in [6.45, 7) is 3.84. The fourth-order valence-electron chi connectivity index (χ4n) is 3.40. The van der Waals surface area contributed by atoms with Gasteiger partial charge in [-0.1, -0.05) is 29.8 Å². The molecule has 4 nitrogen and oxygen atoms in total. The fraction of sp³-hybridized carbons (Fsp3) is 0.900. The molecule has 0 aromatic heterocycles. The highest BCUT2D eigenvalue weighted by molar-refractivity contribution is 9.10. The number of fused-ring (bicyclic) bond motifs is 2. The Bertz CT molecular complexity index is 388. The molecule has 2 saturated carbocycles. The molecule has 0 aromatic rings. The molecule has 2 rings (SSSR count). The van der Waals surface area contributed by atoms with Crippen LogP contribution in [0.1, 0.15) is 26.7 Å². The highest BCUT2D eigenvalue weighted by Crippen LogP contribution is 2.69. The Morgan fingerprint density at radius 2 is 2.12 bits per heavy atom. The zero-order valence-corrected chi connectivity index (χ0v) is 12.3. The Kier molecular flexibility index (Phi) is 2.56. The molecule has 2 aliphatic rings. The maximum atomic E-state index is 12.3. The second-order valence-electron chi connectivity index (χ2n) is 5.23. The molecule has 0 amide bonds. The van der Waals surface area contributed by atoms with Crippen LogP contribution in [0.3, 0.4) is 0 Å². The summed E-state index contributed by atoms with van der Waals surface area (Å²) in [7, 11) is 0. The molecule has 2 aliphatic carbocycles. The molecule has 0 unspecified atom stereocenters. The van der Waals surface area contributed by atoms with Crippen LogP contribution in [-0.2, 0) is 4.79 Å². The van der Waals surface area contributed by atoms with Crippen LogP contribution in [0.25, 0.3) is 0 Å². The maximum Gasteiger partial charge on any atom is 0.335 e. The van der Waals surface area contributed by atoms with E-state index in [0.717, 1.165) is 12.8 Å². The fourth-order valence-corrected chi connectivity index (χ4v) is 5.59. The van der Waals surface area contributed by atoms with Gasteiger partial charge >= 0.3 is 4.45 Å². The van der Waals surface area contributed by atoms with Crippen molar-refractivity contribution < 1.29 is 9.72 Å². The first-order chi connectivity index (χ1) is 7.25. The lowest BCUT2D eigenvalue weighted by Crippen LogP contribution is -2.47. The summed E-state index contributed by atoms with van der Waals surface area (Å²) in [6.07, 6.45) is 1.48. The predicted molar refractivity (Wildman–Crippen MR) is 66.4 cm³/mol. The summed E-state index contributed by atoms with van der Waals surface area (Å²) < 4.78 is -1.57. The van der Waals surface area contributed by atoms with Crippen LogP contribution in [0.15, 0.2) is 0 Å². The molecular weight excluding hydrogens is 342 g/mol. The number of rotatable bonds is 2. The van der Waals surface area contributed by atoms with Crippen molar-refractivity contribution in [2.75, 3.05) is 5.33 Å². The molecule has 0 aliphatic heterocycles. The van der Waals surface area contributed by atoms with Gasteiger partial charge in [0.05, 0.1) is 5.92 Å². The zero-order chi connectivity index (χ0) is 12.4. The Morgan fingerprint density at radius 3 is 2.44 bits per heavy atom. The van der Waals surface area contributed by atoms with Crippen molar-refractivity contribution in [1.29, 1.82) is 0 Å². The first-order valence-electron chi connectivity index (χ1n) is 5.19. The lowest BCUT2D eigenvalue weighted by molar-refractivity contribution is -0.529. The number of halogens is 2. The minimum Gasteiger partial charge on any atom is -0.290 e. The van der Waals surface area contributed by atoms with Gasteiger partial charge in [-0.15, -0.1) is 0 Å². The van der Waals surface area contributed by atoms with Crippen LogP contribution >= 0.6 is 31.9 Å². The second-order valence-corrected chi connectivity index (χ2v) is 7.00. The Labute approximate surface area is 111 Å². The molecule has 2 bridgehead atoms. The van der Waals surface area contributed by atoms with Crippen molar-refractivity contribution in [3.05, 3.63) is 10.1 Å². The number of carbonyl (C=O) groups excluding carboxylic acids is 1. The first kappa shape index (κ1) is 12.5. The number of hydrogen-bond donors (Lipinski definition) is 0. The molecule has 4 atom stereocenters. The molecule has 0 aromatic carbocycles. The van der Waals surface area contributed by atoms with Crippen molar-refractivity contribution in [3.63, 3.8) is 0 Å². The predicted octanol–water partition coefficient (Wildman–Crippen LogP) is 2.75. The van der Waals surface area contributed by atoms with E-state index in [1.165, 1.54) is 0 Å². The van der Waals surface area contributed by atoms with Gasteiger partial charge in [-0.2, -0.15) is 0 Å². The SMILES string of the molecule is C[C@@]12CC[C@@H]([C@@](Br)([N+](=O)[O-])C1=O)[C@@]2(C)CBr. The molecule has 0 radical (unpaired) electrons. The van der Waals surface area contributed by atoms with Crippen LogP contribution in [0, 0.1) is 26.9 Å². The van der Waals surface area contributed by atoms with Gasteiger partial charge in [0.1, 0.15) is 0 Å². The van der Waals surface area contributed by atoms with Crippen LogP contribution in [0.5, 0.6) is 0 Å². The number of alkyl halides is 2. The van der Waals surface area contributed by atoms with Crippen molar-refractivity contribution >= 4 is 37.6 Å². The molecule has 0 spiro atoms. The minimum absolute atomic E-state index is 0.230. The van der Waals surface area contributed by atoms with Gasteiger partial charge < -0.3 is 0 Å². The van der Waals surface area contributed by atoms with E-state index in [1.807, 2.05) is 13.8 Å². The summed E-state index contributed by atoms with van der Waals surface area (Å²) in [5, 5.41) is 11.8. The standard InChI is InChI=1S/C10H13Br2NO3/c1-8-4-3-6(9(8,2)5-11)10(12,7(8)14)13(15)16/h6H,3-5H2,1-2H3/t6-,8-,9-,10-/m1/s1. The Balaban J connectivity index is 2.61. The lowest BCUT2D eigenvalue weighted by Gasteiger charge is -2.33. The first-order valence-corrected chi connectivity index (χ1v) is 7.11. The van der Waals surface area contributed by atoms with Gasteiger partial charge in [0, 0.05) is 37.0 Å². The van der Waals surface area contributed by atoms with Gasteiger partial charge in [0.2, 0.25) is 5.78 Å². The van der Waals surface area contributed by atoms with Crippen LogP contribution in [0.2, 0.25) is 0 Å². The molecule has 0 saturated heterocycles. The Morgan fingerprint density at radius 1 is 1.56 bits per heavy atom. The summed E-state index contributed by atoms with van der Waals surface area (Å²) in [5.41, 5.74) is -0.918. The van der Waals surface area contributed by atoms with Gasteiger partial charge in [-0.3, -0.25) is 14.9 Å². The lowest BCUT2D eigenvalue weighted by atomic mass is 9.70. The van der Waals surface area contributed by atoms with Gasteiger partial charge in [0.25, 0.3) is 0 Å². The largest absolute Gasteiger partial charge is 0.335 e. The number of hydrogen-bond acceptors (Lipinski definition) is 3. The van der Waals surface area contributed by atoms with Crippen molar-refractivity contribution in [3.8, 4) is 0 Å². The van der Waals surface area contributed by atoms with Crippen molar-refractivity contribution in [2.45, 2.75) is 31.1 Å². The van der Waals surface area contributed by atoms with Crippen molar-refractivity contribution in [2.24, 2.45) is 16.7 Å². The van der Waals surface area contributed by atoms with E-state index < -0.39 is 14.8 Å². The van der Waals surface area contributed by atoms with Crippen LogP contribution < -0.4 is 0 Å². The zero-order valence-electron chi connectivity index (χ0n) is 9.13. The summed E-state index contributed by atoms with van der Waals surface area (Å²) in [5.74, 6) is -0.491. The third-order valence-electron chi connectivity index (χ3n) is 4.79. The number of nitro groups is 1. The third-order valence-corrected chi connectivity index (χ3v) is 7.15. The van der Waals surface area contributed by atoms with Gasteiger partial charge in [-0.25, -0.2) is 0 Å². The second kappa shape index (κ2) is 3.28. The number of ketones is 1. The average Bonchev–Trinajstić information content (AvgIpc) is 2.56. The van der Waals surface area contributed by atoms with E-state index in [9.17, 15) is 14.9 Å². The van der Waals surface area contributed by atoms with Crippen molar-refractivity contribution in [1.82, 2.24) is 0 Å². The highest BCUT2D eigenvalue weighted by Gasteiger charge is 2.79. The van der Waals surface area contributed by atoms with E-state index in [2.05, 4.69) is 31.9 Å². The quantitative estimate of drug-likeness (QED) is 0.331. The maximum absolute atomic E-state index is 12.3. The molecule has 6 heteroatoms. The molecule has 16 heavy (non-hydrogen) atoms. The molecule has 0 N–H and O–H groups in total. The summed E-state index contributed by atoms with van der Waals surface area (Å²) >= 11 is 6.54. The summed E-state index contributed by atoms with van der Waals surface area (Å²) in [6, 6.07) is 0. The van der Waals surface area contributed by atoms with Crippen LogP contribution in [0.4, 0.5) is 0 Å². The van der Waals surface area contributed by atoms with E-state index >= 15 is 0 Å². The van der Waals surface area contributed by atoms with Gasteiger partial charge in [-0.05, 0) is 12.8 Å². The minimum atomic E-state index is -1.57. The number of carbonyl (C=O) groups is 1.